The molecular weight excluding hydrogens is 292 g/mol. The van der Waals surface area contributed by atoms with E-state index in [4.69, 9.17) is 5.11 Å². The van der Waals surface area contributed by atoms with Crippen molar-refractivity contribution >= 4 is 11.9 Å². The van der Waals surface area contributed by atoms with Crippen molar-refractivity contribution in [3.63, 3.8) is 0 Å². The molecule has 1 aliphatic rings. The fourth-order valence-corrected chi connectivity index (χ4v) is 2.57. The van der Waals surface area contributed by atoms with E-state index in [9.17, 15) is 18.4 Å². The van der Waals surface area contributed by atoms with Crippen LogP contribution in [0.4, 0.5) is 8.78 Å². The molecule has 2 rings (SSSR count). The van der Waals surface area contributed by atoms with E-state index in [1.807, 2.05) is 13.8 Å². The van der Waals surface area contributed by atoms with Gasteiger partial charge in [0.2, 0.25) is 5.91 Å². The first kappa shape index (κ1) is 16.4. The predicted octanol–water partition coefficient (Wildman–Crippen LogP) is 2.68. The smallest absolute Gasteiger partial charge is 0.326 e. The van der Waals surface area contributed by atoms with Gasteiger partial charge in [0.05, 0.1) is 0 Å². The van der Waals surface area contributed by atoms with Crippen LogP contribution in [0.5, 0.6) is 0 Å². The van der Waals surface area contributed by atoms with E-state index < -0.39 is 23.6 Å². The number of carbonyl (C=O) groups is 2. The van der Waals surface area contributed by atoms with Gasteiger partial charge in [0, 0.05) is 5.92 Å². The van der Waals surface area contributed by atoms with Crippen LogP contribution in [0.1, 0.15) is 38.2 Å². The zero-order chi connectivity index (χ0) is 16.4. The van der Waals surface area contributed by atoms with E-state index in [2.05, 4.69) is 5.32 Å². The molecule has 1 amide bonds. The second-order valence-electron chi connectivity index (χ2n) is 6.15. The van der Waals surface area contributed by atoms with Crippen LogP contribution in [0.25, 0.3) is 0 Å². The summed E-state index contributed by atoms with van der Waals surface area (Å²) in [5, 5.41) is 11.6. The van der Waals surface area contributed by atoms with Crippen molar-refractivity contribution in [2.45, 2.75) is 38.6 Å². The zero-order valence-corrected chi connectivity index (χ0v) is 12.5. The Balaban J connectivity index is 1.97. The van der Waals surface area contributed by atoms with Crippen molar-refractivity contribution in [3.8, 4) is 0 Å². The van der Waals surface area contributed by atoms with Crippen molar-refractivity contribution in [1.29, 1.82) is 0 Å². The molecule has 1 saturated carbocycles. The monoisotopic (exact) mass is 311 g/mol. The van der Waals surface area contributed by atoms with Crippen molar-refractivity contribution in [2.75, 3.05) is 0 Å². The fraction of sp³-hybridized carbons (Fsp3) is 0.500. The summed E-state index contributed by atoms with van der Waals surface area (Å²) in [5.74, 6) is -3.68. The van der Waals surface area contributed by atoms with E-state index >= 15 is 0 Å². The van der Waals surface area contributed by atoms with Crippen molar-refractivity contribution in [1.82, 2.24) is 5.32 Å². The van der Waals surface area contributed by atoms with E-state index in [-0.39, 0.29) is 23.7 Å². The standard InChI is InChI=1S/C16H19F2NO3/c1-8(2)5-14(16(21)22)19-15(20)11-7-10(11)9-3-4-12(17)13(18)6-9/h3-4,6,8,10-11,14H,5,7H2,1-2H3,(H,19,20)(H,21,22)/t10?,11?,14-/m0/s1. The Morgan fingerprint density at radius 1 is 1.32 bits per heavy atom. The average molecular weight is 311 g/mol. The Labute approximate surface area is 127 Å². The number of benzene rings is 1. The molecule has 1 aromatic carbocycles. The number of aliphatic carboxylic acids is 1. The molecule has 1 fully saturated rings. The van der Waals surface area contributed by atoms with Gasteiger partial charge in [0.15, 0.2) is 11.6 Å². The normalized spacial score (nSPS) is 21.5. The third-order valence-corrected chi connectivity index (χ3v) is 3.82. The summed E-state index contributed by atoms with van der Waals surface area (Å²) < 4.78 is 26.1. The van der Waals surface area contributed by atoms with Gasteiger partial charge >= 0.3 is 5.97 Å². The maximum Gasteiger partial charge on any atom is 0.326 e. The SMILES string of the molecule is CC(C)C[C@H](NC(=O)C1CC1c1ccc(F)c(F)c1)C(=O)O. The lowest BCUT2D eigenvalue weighted by molar-refractivity contribution is -0.142. The highest BCUT2D eigenvalue weighted by Gasteiger charge is 2.45. The zero-order valence-electron chi connectivity index (χ0n) is 12.5. The van der Waals surface area contributed by atoms with Crippen molar-refractivity contribution < 1.29 is 23.5 Å². The van der Waals surface area contributed by atoms with Crippen LogP contribution < -0.4 is 5.32 Å². The van der Waals surface area contributed by atoms with Crippen LogP contribution in [-0.4, -0.2) is 23.0 Å². The molecule has 0 heterocycles. The molecule has 2 N–H and O–H groups in total. The molecule has 0 bridgehead atoms. The van der Waals surface area contributed by atoms with E-state index in [1.54, 1.807) is 0 Å². The Morgan fingerprint density at radius 3 is 2.55 bits per heavy atom. The molecule has 1 aliphatic carbocycles. The van der Waals surface area contributed by atoms with Gasteiger partial charge in [0.25, 0.3) is 0 Å². The Bertz CT molecular complexity index is 589. The molecular formula is C16H19F2NO3. The molecule has 0 aromatic heterocycles. The largest absolute Gasteiger partial charge is 0.480 e. The molecule has 0 aliphatic heterocycles. The van der Waals surface area contributed by atoms with Gasteiger partial charge in [-0.2, -0.15) is 0 Å². The number of amides is 1. The first-order valence-corrected chi connectivity index (χ1v) is 7.27. The molecule has 6 heteroatoms. The van der Waals surface area contributed by atoms with Crippen LogP contribution in [0.15, 0.2) is 18.2 Å². The summed E-state index contributed by atoms with van der Waals surface area (Å²) >= 11 is 0. The van der Waals surface area contributed by atoms with Gasteiger partial charge < -0.3 is 10.4 Å². The molecule has 4 nitrogen and oxygen atoms in total. The molecule has 120 valence electrons. The molecule has 3 atom stereocenters. The lowest BCUT2D eigenvalue weighted by Gasteiger charge is -2.16. The van der Waals surface area contributed by atoms with Crippen LogP contribution in [-0.2, 0) is 9.59 Å². The number of hydrogen-bond donors (Lipinski definition) is 2. The molecule has 0 saturated heterocycles. The molecule has 0 spiro atoms. The molecule has 1 aromatic rings. The minimum atomic E-state index is -1.06. The molecule has 2 unspecified atom stereocenters. The van der Waals surface area contributed by atoms with E-state index in [0.29, 0.717) is 18.4 Å². The van der Waals surface area contributed by atoms with Gasteiger partial charge in [-0.05, 0) is 42.4 Å². The average Bonchev–Trinajstić information content (AvgIpc) is 3.21. The number of halogens is 2. The number of carboxylic acid groups (broad SMARTS) is 1. The quantitative estimate of drug-likeness (QED) is 0.849. The fourth-order valence-electron chi connectivity index (χ4n) is 2.57. The van der Waals surface area contributed by atoms with Gasteiger partial charge in [-0.3, -0.25) is 4.79 Å². The number of carbonyl (C=O) groups excluding carboxylic acids is 1. The minimum Gasteiger partial charge on any atom is -0.480 e. The van der Waals surface area contributed by atoms with Gasteiger partial charge in [0.1, 0.15) is 6.04 Å². The van der Waals surface area contributed by atoms with Crippen LogP contribution in [0, 0.1) is 23.5 Å². The van der Waals surface area contributed by atoms with Crippen LogP contribution in [0.2, 0.25) is 0 Å². The summed E-state index contributed by atoms with van der Waals surface area (Å²) in [6.07, 6.45) is 0.870. The maximum absolute atomic E-state index is 13.2. The van der Waals surface area contributed by atoms with Gasteiger partial charge in [-0.1, -0.05) is 19.9 Å². The predicted molar refractivity (Wildman–Crippen MR) is 76.2 cm³/mol. The highest BCUT2D eigenvalue weighted by atomic mass is 19.2. The maximum atomic E-state index is 13.2. The minimum absolute atomic E-state index is 0.141. The van der Waals surface area contributed by atoms with Crippen LogP contribution in [0.3, 0.4) is 0 Å². The number of carboxylic acids is 1. The summed E-state index contributed by atoms with van der Waals surface area (Å²) in [6.45, 7) is 3.76. The Kier molecular flexibility index (Phi) is 4.78. The van der Waals surface area contributed by atoms with Crippen LogP contribution >= 0.6 is 0 Å². The van der Waals surface area contributed by atoms with Crippen molar-refractivity contribution in [3.05, 3.63) is 35.4 Å². The summed E-state index contributed by atoms with van der Waals surface area (Å²) in [4.78, 5) is 23.2. The van der Waals surface area contributed by atoms with Crippen molar-refractivity contribution in [2.24, 2.45) is 11.8 Å². The first-order chi connectivity index (χ1) is 10.3. The summed E-state index contributed by atoms with van der Waals surface area (Å²) in [5.41, 5.74) is 0.565. The van der Waals surface area contributed by atoms with E-state index in [1.165, 1.54) is 6.07 Å². The Hall–Kier alpha value is -1.98. The second kappa shape index (κ2) is 6.42. The third-order valence-electron chi connectivity index (χ3n) is 3.82. The number of rotatable bonds is 6. The Morgan fingerprint density at radius 2 is 2.00 bits per heavy atom. The van der Waals surface area contributed by atoms with E-state index in [0.717, 1.165) is 12.1 Å². The number of hydrogen-bond acceptors (Lipinski definition) is 2. The van der Waals surface area contributed by atoms with Gasteiger partial charge in [-0.15, -0.1) is 0 Å². The third kappa shape index (κ3) is 3.81. The first-order valence-electron chi connectivity index (χ1n) is 7.27. The lowest BCUT2D eigenvalue weighted by Crippen LogP contribution is -2.42. The lowest BCUT2D eigenvalue weighted by atomic mass is 10.0. The summed E-state index contributed by atoms with van der Waals surface area (Å²) in [7, 11) is 0. The topological polar surface area (TPSA) is 66.4 Å². The number of nitrogens with one attached hydrogen (secondary N) is 1. The highest BCUT2D eigenvalue weighted by Crippen LogP contribution is 2.47. The molecule has 0 radical (unpaired) electrons. The second-order valence-corrected chi connectivity index (χ2v) is 6.15. The highest BCUT2D eigenvalue weighted by molar-refractivity contribution is 5.87. The summed E-state index contributed by atoms with van der Waals surface area (Å²) in [6, 6.07) is 2.67. The molecule has 22 heavy (non-hydrogen) atoms. The van der Waals surface area contributed by atoms with Gasteiger partial charge in [-0.25, -0.2) is 13.6 Å².